The van der Waals surface area contributed by atoms with Crippen molar-refractivity contribution in [3.63, 3.8) is 0 Å². The standard InChI is InChI=1S/C28H52N10O5S3/c1-5-6-13-32-26(31)37-22(40)18(29)11-10-14-33-25(30)36-21(39)12-8-7-9-15-38-23(41)19(16-44)34-27(43)35-20(24(38)42)17-45-46-28(2,3)4/h18-20,44H,5-17,29H2,1-4H3,(H2,34,35,43)(H3,30,33,36,39)(H3,31,32,37,40)/t18?,19-,20?/m0/s1. The summed E-state index contributed by atoms with van der Waals surface area (Å²) in [5, 5.41) is 31.4. The number of carbonyl (C=O) groups excluding carboxylic acids is 5. The summed E-state index contributed by atoms with van der Waals surface area (Å²) in [6.07, 6.45) is 4.31. The van der Waals surface area contributed by atoms with Gasteiger partial charge < -0.3 is 27.0 Å². The molecule has 46 heavy (non-hydrogen) atoms. The van der Waals surface area contributed by atoms with Gasteiger partial charge in [0.25, 0.3) is 11.8 Å². The molecule has 0 aromatic carbocycles. The van der Waals surface area contributed by atoms with Gasteiger partial charge in [-0.25, -0.2) is 4.79 Å². The molecule has 0 spiro atoms. The fourth-order valence-corrected chi connectivity index (χ4v) is 6.70. The molecule has 262 valence electrons. The van der Waals surface area contributed by atoms with Crippen LogP contribution in [0.15, 0.2) is 0 Å². The second-order valence-corrected chi connectivity index (χ2v) is 15.3. The first-order chi connectivity index (χ1) is 21.7. The van der Waals surface area contributed by atoms with Crippen LogP contribution in [0.4, 0.5) is 4.79 Å². The Morgan fingerprint density at radius 3 is 2.20 bits per heavy atom. The van der Waals surface area contributed by atoms with E-state index >= 15 is 0 Å². The number of urea groups is 1. The van der Waals surface area contributed by atoms with Gasteiger partial charge >= 0.3 is 6.03 Å². The zero-order valence-electron chi connectivity index (χ0n) is 27.3. The van der Waals surface area contributed by atoms with Gasteiger partial charge in [-0.1, -0.05) is 62.1 Å². The molecule has 1 heterocycles. The monoisotopic (exact) mass is 704 g/mol. The van der Waals surface area contributed by atoms with Gasteiger partial charge in [0, 0.05) is 42.3 Å². The van der Waals surface area contributed by atoms with Gasteiger partial charge in [0.1, 0.15) is 12.1 Å². The van der Waals surface area contributed by atoms with E-state index in [0.29, 0.717) is 50.9 Å². The summed E-state index contributed by atoms with van der Waals surface area (Å²) in [7, 11) is 3.04. The molecular weight excluding hydrogens is 653 g/mol. The predicted octanol–water partition coefficient (Wildman–Crippen LogP) is 1.25. The lowest BCUT2D eigenvalue weighted by atomic mass is 10.1. The van der Waals surface area contributed by atoms with Crippen molar-refractivity contribution in [2.24, 2.45) is 5.73 Å². The molecule has 2 unspecified atom stereocenters. The van der Waals surface area contributed by atoms with Gasteiger partial charge in [0.15, 0.2) is 11.9 Å². The second-order valence-electron chi connectivity index (χ2n) is 11.8. The van der Waals surface area contributed by atoms with Gasteiger partial charge in [-0.15, -0.1) is 0 Å². The Kier molecular flexibility index (Phi) is 19.7. The van der Waals surface area contributed by atoms with Crippen LogP contribution < -0.4 is 37.6 Å². The third-order valence-electron chi connectivity index (χ3n) is 6.43. The Labute approximate surface area is 285 Å². The van der Waals surface area contributed by atoms with E-state index in [1.54, 1.807) is 10.8 Å². The minimum Gasteiger partial charge on any atom is -0.356 e. The lowest BCUT2D eigenvalue weighted by Crippen LogP contribution is -2.63. The van der Waals surface area contributed by atoms with Crippen LogP contribution in [0, 0.1) is 10.8 Å². The minimum atomic E-state index is -0.936. The maximum atomic E-state index is 13.3. The summed E-state index contributed by atoms with van der Waals surface area (Å²) in [4.78, 5) is 64.3. The number of carbonyl (C=O) groups is 5. The molecule has 15 nitrogen and oxygen atoms in total. The lowest BCUT2D eigenvalue weighted by Gasteiger charge is -2.32. The van der Waals surface area contributed by atoms with Crippen LogP contribution in [0.5, 0.6) is 0 Å². The van der Waals surface area contributed by atoms with Crippen LogP contribution in [0.1, 0.15) is 79.1 Å². The molecule has 0 aromatic rings. The summed E-state index contributed by atoms with van der Waals surface area (Å²) in [6, 6.07) is -3.19. The van der Waals surface area contributed by atoms with Crippen molar-refractivity contribution < 1.29 is 24.0 Å². The highest BCUT2D eigenvalue weighted by molar-refractivity contribution is 8.77. The minimum absolute atomic E-state index is 0.0418. The Morgan fingerprint density at radius 2 is 1.57 bits per heavy atom. The third-order valence-corrected chi connectivity index (χ3v) is 10.1. The number of hydrogen-bond acceptors (Lipinski definition) is 11. The number of amides is 6. The highest BCUT2D eigenvalue weighted by Crippen LogP contribution is 2.35. The Morgan fingerprint density at radius 1 is 0.957 bits per heavy atom. The molecule has 0 radical (unpaired) electrons. The summed E-state index contributed by atoms with van der Waals surface area (Å²) >= 11 is 4.16. The fourth-order valence-electron chi connectivity index (χ4n) is 4.00. The quantitative estimate of drug-likeness (QED) is 0.0245. The average Bonchev–Trinajstić information content (AvgIpc) is 2.97. The van der Waals surface area contributed by atoms with E-state index in [2.05, 4.69) is 44.5 Å². The van der Waals surface area contributed by atoms with E-state index in [9.17, 15) is 24.0 Å². The predicted molar refractivity (Wildman–Crippen MR) is 188 cm³/mol. The molecule has 0 saturated carbocycles. The molecule has 6 amide bonds. The summed E-state index contributed by atoms with van der Waals surface area (Å²) in [5.41, 5.74) is 5.88. The van der Waals surface area contributed by atoms with Crippen molar-refractivity contribution in [1.82, 2.24) is 36.8 Å². The Hall–Kier alpha value is -2.70. The molecule has 1 aliphatic rings. The first-order valence-electron chi connectivity index (χ1n) is 15.5. The van der Waals surface area contributed by atoms with Crippen LogP contribution >= 0.6 is 34.2 Å². The molecule has 1 rings (SSSR count). The lowest BCUT2D eigenvalue weighted by molar-refractivity contribution is -0.147. The van der Waals surface area contributed by atoms with E-state index in [4.69, 9.17) is 16.6 Å². The van der Waals surface area contributed by atoms with Gasteiger partial charge in [-0.2, -0.15) is 12.6 Å². The van der Waals surface area contributed by atoms with Crippen molar-refractivity contribution in [1.29, 1.82) is 10.8 Å². The number of imide groups is 1. The van der Waals surface area contributed by atoms with Crippen molar-refractivity contribution >= 4 is 75.8 Å². The highest BCUT2D eigenvalue weighted by Gasteiger charge is 2.37. The largest absolute Gasteiger partial charge is 0.356 e. The summed E-state index contributed by atoms with van der Waals surface area (Å²) < 4.78 is -0.0448. The molecular formula is C28H52N10O5S3. The zero-order valence-corrected chi connectivity index (χ0v) is 29.8. The molecule has 1 aliphatic heterocycles. The normalized spacial score (nSPS) is 17.6. The van der Waals surface area contributed by atoms with Gasteiger partial charge in [0.05, 0.1) is 6.04 Å². The first kappa shape index (κ1) is 41.3. The topological polar surface area (TPSA) is 234 Å². The number of hydrogen-bond donors (Lipinski definition) is 10. The first-order valence-corrected chi connectivity index (χ1v) is 18.5. The molecule has 1 saturated heterocycles. The average molecular weight is 705 g/mol. The molecule has 3 atom stereocenters. The van der Waals surface area contributed by atoms with Crippen molar-refractivity contribution in [3.05, 3.63) is 0 Å². The molecule has 10 N–H and O–H groups in total. The number of nitrogens with zero attached hydrogens (tertiary/aromatic N) is 1. The van der Waals surface area contributed by atoms with Crippen molar-refractivity contribution in [2.75, 3.05) is 31.1 Å². The number of nitrogens with two attached hydrogens (primary N) is 1. The van der Waals surface area contributed by atoms with Crippen LogP contribution in [0.25, 0.3) is 0 Å². The van der Waals surface area contributed by atoms with E-state index in [1.807, 2.05) is 27.7 Å². The maximum absolute atomic E-state index is 13.3. The van der Waals surface area contributed by atoms with E-state index in [0.717, 1.165) is 12.8 Å². The smallest absolute Gasteiger partial charge is 0.316 e. The fraction of sp³-hybridized carbons (Fsp3) is 0.750. The van der Waals surface area contributed by atoms with E-state index < -0.39 is 41.9 Å². The van der Waals surface area contributed by atoms with Crippen molar-refractivity contribution in [2.45, 2.75) is 102 Å². The van der Waals surface area contributed by atoms with Crippen LogP contribution in [0.3, 0.4) is 0 Å². The van der Waals surface area contributed by atoms with Gasteiger partial charge in [-0.05, 0) is 32.1 Å². The second kappa shape index (κ2) is 22.0. The number of guanidine groups is 2. The molecule has 18 heteroatoms. The Balaban J connectivity index is 2.40. The Bertz CT molecular complexity index is 1060. The number of nitrogens with one attached hydrogen (secondary N) is 8. The van der Waals surface area contributed by atoms with Gasteiger partial charge in [0.2, 0.25) is 11.8 Å². The molecule has 1 fully saturated rings. The highest BCUT2D eigenvalue weighted by atomic mass is 33.1. The molecule has 0 aliphatic carbocycles. The third kappa shape index (κ3) is 17.3. The number of thiol groups is 1. The van der Waals surface area contributed by atoms with Crippen LogP contribution in [0.2, 0.25) is 0 Å². The molecule has 0 aromatic heterocycles. The van der Waals surface area contributed by atoms with Crippen LogP contribution in [-0.4, -0.2) is 100 Å². The van der Waals surface area contributed by atoms with E-state index in [1.165, 1.54) is 15.7 Å². The van der Waals surface area contributed by atoms with Gasteiger partial charge in [-0.3, -0.25) is 45.5 Å². The zero-order chi connectivity index (χ0) is 34.7. The summed E-state index contributed by atoms with van der Waals surface area (Å²) in [5.74, 6) is -1.69. The summed E-state index contributed by atoms with van der Waals surface area (Å²) in [6.45, 7) is 9.22. The van der Waals surface area contributed by atoms with E-state index in [-0.39, 0.29) is 41.3 Å². The van der Waals surface area contributed by atoms with Crippen molar-refractivity contribution in [3.8, 4) is 0 Å². The SMILES string of the molecule is CCCCNC(=N)NC(=O)C(N)CCCNC(=N)NC(=O)CCCCCN1C(=O)C(CSSC(C)(C)C)NC(=O)N[C@@H](CS)C1=O. The van der Waals surface area contributed by atoms with Crippen LogP contribution in [-0.2, 0) is 19.2 Å². The number of unbranched alkanes of at least 4 members (excludes halogenated alkanes) is 3. The molecule has 0 bridgehead atoms. The number of rotatable bonds is 18. The maximum Gasteiger partial charge on any atom is 0.316 e.